The van der Waals surface area contributed by atoms with E-state index in [9.17, 15) is 0 Å². The molecule has 1 aromatic rings. The van der Waals surface area contributed by atoms with Gasteiger partial charge in [-0.1, -0.05) is 31.5 Å². The Balaban J connectivity index is 2.38. The standard InChI is InChI=1S/C12H17NS/c1-10(2)8-9-13-14-12-6-4-11(3)5-7-12/h4-7,9-10H,8H2,1-3H3/b13-9+. The van der Waals surface area contributed by atoms with Crippen LogP contribution in [0.5, 0.6) is 0 Å². The van der Waals surface area contributed by atoms with Gasteiger partial charge in [0, 0.05) is 23.1 Å². The van der Waals surface area contributed by atoms with Gasteiger partial charge in [-0.05, 0) is 31.4 Å². The molecule has 2 heteroatoms. The minimum absolute atomic E-state index is 0.692. The van der Waals surface area contributed by atoms with Gasteiger partial charge in [0.15, 0.2) is 0 Å². The number of hydrogen-bond acceptors (Lipinski definition) is 2. The molecule has 0 saturated heterocycles. The Labute approximate surface area is 90.8 Å². The van der Waals surface area contributed by atoms with E-state index in [-0.39, 0.29) is 0 Å². The number of rotatable bonds is 4. The minimum atomic E-state index is 0.692. The van der Waals surface area contributed by atoms with Crippen LogP contribution in [0.3, 0.4) is 0 Å². The monoisotopic (exact) mass is 207 g/mol. The molecule has 0 aliphatic rings. The number of nitrogens with zero attached hydrogens (tertiary/aromatic N) is 1. The largest absolute Gasteiger partial charge is 0.224 e. The van der Waals surface area contributed by atoms with Crippen molar-refractivity contribution in [2.45, 2.75) is 32.1 Å². The summed E-state index contributed by atoms with van der Waals surface area (Å²) in [5, 5.41) is 0. The summed E-state index contributed by atoms with van der Waals surface area (Å²) in [5.41, 5.74) is 1.29. The first-order chi connectivity index (χ1) is 6.68. The van der Waals surface area contributed by atoms with E-state index in [1.807, 2.05) is 6.21 Å². The quantitative estimate of drug-likeness (QED) is 0.534. The second kappa shape index (κ2) is 5.86. The number of benzene rings is 1. The molecule has 0 saturated carbocycles. The summed E-state index contributed by atoms with van der Waals surface area (Å²) in [7, 11) is 0. The normalized spacial score (nSPS) is 11.4. The second-order valence-electron chi connectivity index (χ2n) is 3.82. The molecule has 0 N–H and O–H groups in total. The van der Waals surface area contributed by atoms with E-state index in [4.69, 9.17) is 0 Å². The third-order valence-corrected chi connectivity index (χ3v) is 2.57. The van der Waals surface area contributed by atoms with Crippen LogP contribution in [-0.4, -0.2) is 6.21 Å². The molecule has 0 unspecified atom stereocenters. The molecule has 0 spiro atoms. The van der Waals surface area contributed by atoms with E-state index < -0.39 is 0 Å². The van der Waals surface area contributed by atoms with Gasteiger partial charge in [-0.25, -0.2) is 4.40 Å². The highest BCUT2D eigenvalue weighted by molar-refractivity contribution is 7.98. The van der Waals surface area contributed by atoms with Crippen LogP contribution in [0.4, 0.5) is 0 Å². The Morgan fingerprint density at radius 2 is 1.93 bits per heavy atom. The summed E-state index contributed by atoms with van der Waals surface area (Å²) in [6.45, 7) is 6.49. The van der Waals surface area contributed by atoms with Crippen molar-refractivity contribution in [2.75, 3.05) is 0 Å². The molecule has 0 atom stereocenters. The zero-order valence-electron chi connectivity index (χ0n) is 9.03. The molecule has 0 radical (unpaired) electrons. The molecule has 1 nitrogen and oxygen atoms in total. The van der Waals surface area contributed by atoms with Crippen molar-refractivity contribution >= 4 is 18.2 Å². The lowest BCUT2D eigenvalue weighted by Gasteiger charge is -1.97. The highest BCUT2D eigenvalue weighted by atomic mass is 32.2. The maximum atomic E-state index is 4.30. The van der Waals surface area contributed by atoms with Crippen molar-refractivity contribution in [1.29, 1.82) is 0 Å². The molecular weight excluding hydrogens is 190 g/mol. The van der Waals surface area contributed by atoms with Crippen molar-refractivity contribution in [3.8, 4) is 0 Å². The van der Waals surface area contributed by atoms with Crippen LogP contribution in [0.1, 0.15) is 25.8 Å². The first-order valence-corrected chi connectivity index (χ1v) is 5.71. The molecule has 0 bridgehead atoms. The molecule has 0 aliphatic heterocycles. The maximum Gasteiger partial charge on any atom is 0.0305 e. The smallest absolute Gasteiger partial charge is 0.0305 e. The van der Waals surface area contributed by atoms with Crippen LogP contribution >= 0.6 is 11.9 Å². The first kappa shape index (κ1) is 11.3. The van der Waals surface area contributed by atoms with E-state index in [1.165, 1.54) is 10.5 Å². The molecule has 0 aliphatic carbocycles. The van der Waals surface area contributed by atoms with Crippen molar-refractivity contribution in [3.63, 3.8) is 0 Å². The average molecular weight is 207 g/mol. The number of hydrogen-bond donors (Lipinski definition) is 0. The molecule has 0 fully saturated rings. The third-order valence-electron chi connectivity index (χ3n) is 1.83. The van der Waals surface area contributed by atoms with Crippen molar-refractivity contribution in [3.05, 3.63) is 29.8 Å². The van der Waals surface area contributed by atoms with Crippen molar-refractivity contribution in [2.24, 2.45) is 10.3 Å². The molecule has 0 heterocycles. The SMILES string of the molecule is Cc1ccc(S/N=C/CC(C)C)cc1. The molecule has 76 valence electrons. The zero-order chi connectivity index (χ0) is 10.4. The molecule has 1 aromatic carbocycles. The summed E-state index contributed by atoms with van der Waals surface area (Å²) in [5.74, 6) is 0.692. The summed E-state index contributed by atoms with van der Waals surface area (Å²) in [6, 6.07) is 8.43. The second-order valence-corrected chi connectivity index (χ2v) is 4.69. The van der Waals surface area contributed by atoms with Crippen LogP contribution < -0.4 is 0 Å². The molecule has 1 rings (SSSR count). The fourth-order valence-electron chi connectivity index (χ4n) is 0.951. The summed E-state index contributed by atoms with van der Waals surface area (Å²) < 4.78 is 4.30. The Morgan fingerprint density at radius 1 is 1.29 bits per heavy atom. The van der Waals surface area contributed by atoms with Gasteiger partial charge in [-0.15, -0.1) is 0 Å². The highest BCUT2D eigenvalue weighted by Crippen LogP contribution is 2.18. The lowest BCUT2D eigenvalue weighted by Crippen LogP contribution is -1.85. The van der Waals surface area contributed by atoms with E-state index in [0.29, 0.717) is 5.92 Å². The fraction of sp³-hybridized carbons (Fsp3) is 0.417. The summed E-state index contributed by atoms with van der Waals surface area (Å²) in [4.78, 5) is 1.20. The van der Waals surface area contributed by atoms with Crippen LogP contribution in [0.15, 0.2) is 33.6 Å². The van der Waals surface area contributed by atoms with Gasteiger partial charge in [-0.3, -0.25) is 0 Å². The molecular formula is C12H17NS. The summed E-state index contributed by atoms with van der Waals surface area (Å²) >= 11 is 1.54. The van der Waals surface area contributed by atoms with Crippen molar-refractivity contribution < 1.29 is 0 Å². The molecule has 0 amide bonds. The van der Waals surface area contributed by atoms with E-state index >= 15 is 0 Å². The van der Waals surface area contributed by atoms with Gasteiger partial charge >= 0.3 is 0 Å². The lowest BCUT2D eigenvalue weighted by atomic mass is 10.2. The Hall–Kier alpha value is -0.760. The van der Waals surface area contributed by atoms with E-state index in [2.05, 4.69) is 49.4 Å². The van der Waals surface area contributed by atoms with Crippen LogP contribution in [0, 0.1) is 12.8 Å². The average Bonchev–Trinajstić information content (AvgIpc) is 2.15. The van der Waals surface area contributed by atoms with Crippen LogP contribution in [0.25, 0.3) is 0 Å². The molecule has 0 aromatic heterocycles. The topological polar surface area (TPSA) is 12.4 Å². The number of aryl methyl sites for hydroxylation is 1. The predicted molar refractivity (Wildman–Crippen MR) is 65.0 cm³/mol. The zero-order valence-corrected chi connectivity index (χ0v) is 9.84. The van der Waals surface area contributed by atoms with Crippen LogP contribution in [0.2, 0.25) is 0 Å². The van der Waals surface area contributed by atoms with Gasteiger partial charge in [0.2, 0.25) is 0 Å². The Kier molecular flexibility index (Phi) is 4.74. The van der Waals surface area contributed by atoms with Gasteiger partial charge < -0.3 is 0 Å². The first-order valence-electron chi connectivity index (χ1n) is 4.94. The third kappa shape index (κ3) is 4.47. The predicted octanol–water partition coefficient (Wildman–Crippen LogP) is 4.12. The molecule has 14 heavy (non-hydrogen) atoms. The maximum absolute atomic E-state index is 4.30. The summed E-state index contributed by atoms with van der Waals surface area (Å²) in [6.07, 6.45) is 3.05. The van der Waals surface area contributed by atoms with E-state index in [0.717, 1.165) is 6.42 Å². The minimum Gasteiger partial charge on any atom is -0.224 e. The lowest BCUT2D eigenvalue weighted by molar-refractivity contribution is 0.691. The van der Waals surface area contributed by atoms with Crippen molar-refractivity contribution in [1.82, 2.24) is 0 Å². The highest BCUT2D eigenvalue weighted by Gasteiger charge is 1.91. The van der Waals surface area contributed by atoms with Gasteiger partial charge in [0.1, 0.15) is 0 Å². The van der Waals surface area contributed by atoms with Gasteiger partial charge in [-0.2, -0.15) is 0 Å². The van der Waals surface area contributed by atoms with Gasteiger partial charge in [0.05, 0.1) is 0 Å². The fourth-order valence-corrected chi connectivity index (χ4v) is 1.49. The van der Waals surface area contributed by atoms with Crippen LogP contribution in [-0.2, 0) is 0 Å². The van der Waals surface area contributed by atoms with E-state index in [1.54, 1.807) is 11.9 Å². The Bertz CT molecular complexity index is 288. The Morgan fingerprint density at radius 3 is 2.50 bits per heavy atom. The van der Waals surface area contributed by atoms with Gasteiger partial charge in [0.25, 0.3) is 0 Å².